The highest BCUT2D eigenvalue weighted by molar-refractivity contribution is 6.31. The Labute approximate surface area is 114 Å². The molecule has 1 fully saturated rings. The van der Waals surface area contributed by atoms with Gasteiger partial charge in [-0.3, -0.25) is 4.90 Å². The van der Waals surface area contributed by atoms with Gasteiger partial charge in [-0.2, -0.15) is 0 Å². The summed E-state index contributed by atoms with van der Waals surface area (Å²) in [6.45, 7) is 7.84. The molecule has 1 saturated heterocycles. The van der Waals surface area contributed by atoms with Crippen LogP contribution in [0.2, 0.25) is 5.02 Å². The van der Waals surface area contributed by atoms with Gasteiger partial charge in [0.25, 0.3) is 0 Å². The third-order valence-electron chi connectivity index (χ3n) is 3.61. The highest BCUT2D eigenvalue weighted by atomic mass is 35.5. The van der Waals surface area contributed by atoms with E-state index in [2.05, 4.69) is 11.8 Å². The van der Waals surface area contributed by atoms with Crippen LogP contribution >= 0.6 is 11.6 Å². The van der Waals surface area contributed by atoms with Gasteiger partial charge >= 0.3 is 0 Å². The van der Waals surface area contributed by atoms with Crippen molar-refractivity contribution in [3.8, 4) is 0 Å². The molecule has 2 N–H and O–H groups in total. The highest BCUT2D eigenvalue weighted by Crippen LogP contribution is 2.24. The molecule has 2 unspecified atom stereocenters. The lowest BCUT2D eigenvalue weighted by molar-refractivity contribution is -0.0392. The lowest BCUT2D eigenvalue weighted by atomic mass is 10.00. The van der Waals surface area contributed by atoms with Gasteiger partial charge < -0.3 is 10.5 Å². The van der Waals surface area contributed by atoms with Crippen molar-refractivity contribution in [2.45, 2.75) is 26.0 Å². The number of benzene rings is 1. The highest BCUT2D eigenvalue weighted by Gasteiger charge is 2.26. The van der Waals surface area contributed by atoms with Crippen molar-refractivity contribution in [3.63, 3.8) is 0 Å². The van der Waals surface area contributed by atoms with E-state index in [1.54, 1.807) is 0 Å². The molecule has 100 valence electrons. The minimum absolute atomic E-state index is 0.0532. The topological polar surface area (TPSA) is 38.5 Å². The maximum Gasteiger partial charge on any atom is 0.0894 e. The van der Waals surface area contributed by atoms with Crippen molar-refractivity contribution >= 4 is 11.6 Å². The van der Waals surface area contributed by atoms with E-state index in [9.17, 15) is 0 Å². The first-order valence-corrected chi connectivity index (χ1v) is 6.85. The molecule has 18 heavy (non-hydrogen) atoms. The molecule has 4 heteroatoms. The van der Waals surface area contributed by atoms with Crippen LogP contribution in [0.5, 0.6) is 0 Å². The van der Waals surface area contributed by atoms with E-state index in [4.69, 9.17) is 22.1 Å². The lowest BCUT2D eigenvalue weighted by Crippen LogP contribution is -2.46. The number of hydrogen-bond donors (Lipinski definition) is 1. The quantitative estimate of drug-likeness (QED) is 0.915. The van der Waals surface area contributed by atoms with Gasteiger partial charge in [0.1, 0.15) is 0 Å². The van der Waals surface area contributed by atoms with Gasteiger partial charge in [0, 0.05) is 18.1 Å². The predicted octanol–water partition coefficient (Wildman–Crippen LogP) is 2.37. The number of nitrogens with two attached hydrogens (primary N) is 1. The molecule has 3 nitrogen and oxygen atoms in total. The molecule has 1 heterocycles. The van der Waals surface area contributed by atoms with Crippen LogP contribution < -0.4 is 5.73 Å². The molecule has 0 saturated carbocycles. The molecule has 1 aliphatic rings. The van der Waals surface area contributed by atoms with Crippen LogP contribution in [-0.2, 0) is 4.74 Å². The second-order valence-corrected chi connectivity index (χ2v) is 5.24. The first-order valence-electron chi connectivity index (χ1n) is 6.47. The van der Waals surface area contributed by atoms with Gasteiger partial charge in [-0.1, -0.05) is 30.7 Å². The van der Waals surface area contributed by atoms with Gasteiger partial charge in [0.2, 0.25) is 0 Å². The van der Waals surface area contributed by atoms with E-state index in [-0.39, 0.29) is 12.1 Å². The Bertz CT molecular complexity index is 411. The van der Waals surface area contributed by atoms with E-state index in [1.165, 1.54) is 0 Å². The summed E-state index contributed by atoms with van der Waals surface area (Å²) in [5, 5.41) is 0.770. The average Bonchev–Trinajstić information content (AvgIpc) is 2.41. The monoisotopic (exact) mass is 268 g/mol. The zero-order valence-corrected chi connectivity index (χ0v) is 11.8. The number of halogens is 1. The van der Waals surface area contributed by atoms with E-state index in [0.717, 1.165) is 42.4 Å². The smallest absolute Gasteiger partial charge is 0.0894 e. The second kappa shape index (κ2) is 6.02. The van der Waals surface area contributed by atoms with Crippen molar-refractivity contribution < 1.29 is 4.74 Å². The Hall–Kier alpha value is -0.610. The van der Waals surface area contributed by atoms with Crippen LogP contribution in [0.4, 0.5) is 0 Å². The largest absolute Gasteiger partial charge is 0.374 e. The summed E-state index contributed by atoms with van der Waals surface area (Å²) in [6.07, 6.45) is 0.0532. The second-order valence-electron chi connectivity index (χ2n) is 4.84. The molecule has 1 aromatic carbocycles. The van der Waals surface area contributed by atoms with Crippen LogP contribution in [0.3, 0.4) is 0 Å². The standard InChI is InChI=1S/C14H21ClN2O/c1-3-17-6-7-18-13(9-17)14(16)11-5-4-10(2)12(15)8-11/h4-5,8,13-14H,3,6-7,9,16H2,1-2H3. The Kier molecular flexibility index (Phi) is 4.62. The number of nitrogens with zero attached hydrogens (tertiary/aromatic N) is 1. The average molecular weight is 269 g/mol. The van der Waals surface area contributed by atoms with Crippen molar-refractivity contribution in [3.05, 3.63) is 34.3 Å². The molecular formula is C14H21ClN2O. The zero-order valence-electron chi connectivity index (χ0n) is 11.0. The summed E-state index contributed by atoms with van der Waals surface area (Å²) in [5.74, 6) is 0. The third-order valence-corrected chi connectivity index (χ3v) is 4.01. The summed E-state index contributed by atoms with van der Waals surface area (Å²) in [4.78, 5) is 2.36. The SMILES string of the molecule is CCN1CCOC(C(N)c2ccc(C)c(Cl)c2)C1. The van der Waals surface area contributed by atoms with Crippen molar-refractivity contribution in [1.82, 2.24) is 4.90 Å². The number of rotatable bonds is 3. The normalized spacial score (nSPS) is 23.0. The fourth-order valence-electron chi connectivity index (χ4n) is 2.27. The Morgan fingerprint density at radius 1 is 1.56 bits per heavy atom. The zero-order chi connectivity index (χ0) is 13.1. The third kappa shape index (κ3) is 3.04. The van der Waals surface area contributed by atoms with Gasteiger partial charge in [-0.05, 0) is 30.7 Å². The summed E-state index contributed by atoms with van der Waals surface area (Å²) in [5.41, 5.74) is 8.42. The Balaban J connectivity index is 2.10. The predicted molar refractivity (Wildman–Crippen MR) is 75.0 cm³/mol. The number of aryl methyl sites for hydroxylation is 1. The first-order chi connectivity index (χ1) is 8.61. The van der Waals surface area contributed by atoms with Gasteiger partial charge in [0.05, 0.1) is 18.8 Å². The maximum absolute atomic E-state index is 6.30. The van der Waals surface area contributed by atoms with Crippen molar-refractivity contribution in [1.29, 1.82) is 0 Å². The van der Waals surface area contributed by atoms with Crippen molar-refractivity contribution in [2.75, 3.05) is 26.2 Å². The van der Waals surface area contributed by atoms with E-state index in [0.29, 0.717) is 0 Å². The number of hydrogen-bond acceptors (Lipinski definition) is 3. The molecule has 0 radical (unpaired) electrons. The molecule has 0 aliphatic carbocycles. The Morgan fingerprint density at radius 3 is 3.00 bits per heavy atom. The molecule has 2 rings (SSSR count). The molecular weight excluding hydrogens is 248 g/mol. The van der Waals surface area contributed by atoms with E-state index >= 15 is 0 Å². The molecule has 0 bridgehead atoms. The molecule has 1 aliphatic heterocycles. The van der Waals surface area contributed by atoms with Gasteiger partial charge in [0.15, 0.2) is 0 Å². The maximum atomic E-state index is 6.30. The number of likely N-dealkylation sites (N-methyl/N-ethyl adjacent to an activating group) is 1. The van der Waals surface area contributed by atoms with Crippen LogP contribution in [-0.4, -0.2) is 37.2 Å². The molecule has 1 aromatic rings. The minimum atomic E-state index is -0.113. The van der Waals surface area contributed by atoms with Gasteiger partial charge in [-0.15, -0.1) is 0 Å². The fourth-order valence-corrected chi connectivity index (χ4v) is 2.46. The Morgan fingerprint density at radius 2 is 2.33 bits per heavy atom. The van der Waals surface area contributed by atoms with Gasteiger partial charge in [-0.25, -0.2) is 0 Å². The van der Waals surface area contributed by atoms with E-state index in [1.807, 2.05) is 25.1 Å². The first kappa shape index (κ1) is 13.8. The van der Waals surface area contributed by atoms with Crippen molar-refractivity contribution in [2.24, 2.45) is 5.73 Å². The molecule has 0 amide bonds. The van der Waals surface area contributed by atoms with E-state index < -0.39 is 0 Å². The molecule has 0 aromatic heterocycles. The number of morpholine rings is 1. The molecule has 2 atom stereocenters. The minimum Gasteiger partial charge on any atom is -0.374 e. The number of ether oxygens (including phenoxy) is 1. The van der Waals surface area contributed by atoms with Crippen LogP contribution in [0.25, 0.3) is 0 Å². The summed E-state index contributed by atoms with van der Waals surface area (Å²) >= 11 is 6.15. The van der Waals surface area contributed by atoms with Crippen LogP contribution in [0.15, 0.2) is 18.2 Å². The van der Waals surface area contributed by atoms with Crippen LogP contribution in [0.1, 0.15) is 24.1 Å². The summed E-state index contributed by atoms with van der Waals surface area (Å²) < 4.78 is 5.79. The lowest BCUT2D eigenvalue weighted by Gasteiger charge is -2.35. The molecule has 0 spiro atoms. The fraction of sp³-hybridized carbons (Fsp3) is 0.571. The van der Waals surface area contributed by atoms with Crippen LogP contribution in [0, 0.1) is 6.92 Å². The summed E-state index contributed by atoms with van der Waals surface area (Å²) in [6, 6.07) is 5.89. The summed E-state index contributed by atoms with van der Waals surface area (Å²) in [7, 11) is 0.